The third kappa shape index (κ3) is 5.67. The topological polar surface area (TPSA) is 45.7 Å². The van der Waals surface area contributed by atoms with E-state index >= 15 is 0 Å². The highest BCUT2D eigenvalue weighted by Gasteiger charge is 2.21. The molecule has 0 radical (unpaired) electrons. The zero-order valence-electron chi connectivity index (χ0n) is 16.2. The van der Waals surface area contributed by atoms with Crippen LogP contribution in [0.4, 0.5) is 5.13 Å². The van der Waals surface area contributed by atoms with Gasteiger partial charge in [0.15, 0.2) is 11.7 Å². The number of ether oxygens (including phenoxy) is 1. The van der Waals surface area contributed by atoms with Crippen LogP contribution in [0.1, 0.15) is 13.8 Å². The Hall–Kier alpha value is -2.15. The zero-order valence-corrected chi connectivity index (χ0v) is 17.8. The fourth-order valence-corrected chi connectivity index (χ4v) is 3.83. The molecule has 0 fully saturated rings. The fourth-order valence-electron chi connectivity index (χ4n) is 2.82. The summed E-state index contributed by atoms with van der Waals surface area (Å²) in [5, 5.41) is 0.727. The summed E-state index contributed by atoms with van der Waals surface area (Å²) in [6.45, 7) is 7.58. The van der Waals surface area contributed by atoms with E-state index in [-0.39, 0.29) is 24.9 Å². The van der Waals surface area contributed by atoms with Gasteiger partial charge in [-0.2, -0.15) is 0 Å². The van der Waals surface area contributed by atoms with Crippen molar-refractivity contribution < 1.29 is 9.53 Å². The number of rotatable bonds is 9. The van der Waals surface area contributed by atoms with E-state index < -0.39 is 0 Å². The van der Waals surface area contributed by atoms with Crippen LogP contribution in [0.15, 0.2) is 54.6 Å². The summed E-state index contributed by atoms with van der Waals surface area (Å²) in [5.74, 6) is 0.615. The van der Waals surface area contributed by atoms with Crippen molar-refractivity contribution >= 4 is 45.0 Å². The summed E-state index contributed by atoms with van der Waals surface area (Å²) in [6, 6.07) is 17.4. The predicted molar refractivity (Wildman–Crippen MR) is 119 cm³/mol. The molecule has 0 atom stereocenters. The SMILES string of the molecule is CCN(CC)CCN(C(=O)COc1ccccc1)c1nc2ccccc2s1.Cl. The van der Waals surface area contributed by atoms with Crippen molar-refractivity contribution in [1.82, 2.24) is 9.88 Å². The van der Waals surface area contributed by atoms with Gasteiger partial charge in [-0.3, -0.25) is 9.69 Å². The normalized spacial score (nSPS) is 10.7. The summed E-state index contributed by atoms with van der Waals surface area (Å²) >= 11 is 1.54. The molecular weight excluding hydrogens is 394 g/mol. The second-order valence-corrected chi connectivity index (χ2v) is 7.15. The first-order valence-corrected chi connectivity index (χ1v) is 10.1. The highest BCUT2D eigenvalue weighted by molar-refractivity contribution is 7.22. The van der Waals surface area contributed by atoms with E-state index in [9.17, 15) is 4.79 Å². The van der Waals surface area contributed by atoms with Crippen molar-refractivity contribution in [1.29, 1.82) is 0 Å². The molecule has 7 heteroatoms. The second-order valence-electron chi connectivity index (χ2n) is 6.14. The monoisotopic (exact) mass is 419 g/mol. The van der Waals surface area contributed by atoms with Gasteiger partial charge in [0.2, 0.25) is 0 Å². The number of hydrogen-bond acceptors (Lipinski definition) is 5. The first kappa shape index (κ1) is 22.1. The Morgan fingerprint density at radius 1 is 1.00 bits per heavy atom. The maximum Gasteiger partial charge on any atom is 0.266 e. The number of aromatic nitrogens is 1. The molecule has 0 unspecified atom stereocenters. The number of benzene rings is 2. The third-order valence-electron chi connectivity index (χ3n) is 4.45. The van der Waals surface area contributed by atoms with Gasteiger partial charge in [-0.15, -0.1) is 12.4 Å². The first-order valence-electron chi connectivity index (χ1n) is 9.27. The Morgan fingerprint density at radius 3 is 2.36 bits per heavy atom. The lowest BCUT2D eigenvalue weighted by Gasteiger charge is -2.24. The number of nitrogens with zero attached hydrogens (tertiary/aromatic N) is 3. The Bertz CT molecular complexity index is 835. The number of carbonyl (C=O) groups excluding carboxylic acids is 1. The Kier molecular flexibility index (Phi) is 8.70. The van der Waals surface area contributed by atoms with Crippen LogP contribution in [0.2, 0.25) is 0 Å². The van der Waals surface area contributed by atoms with Crippen LogP contribution >= 0.6 is 23.7 Å². The molecule has 0 aliphatic heterocycles. The van der Waals surface area contributed by atoms with Crippen molar-refractivity contribution in [2.45, 2.75) is 13.8 Å². The lowest BCUT2D eigenvalue weighted by molar-refractivity contribution is -0.120. The van der Waals surface area contributed by atoms with Gasteiger partial charge in [-0.05, 0) is 37.4 Å². The van der Waals surface area contributed by atoms with E-state index in [0.717, 1.165) is 35.0 Å². The quantitative estimate of drug-likeness (QED) is 0.513. The van der Waals surface area contributed by atoms with Crippen molar-refractivity contribution in [3.8, 4) is 5.75 Å². The molecule has 0 spiro atoms. The lowest BCUT2D eigenvalue weighted by atomic mass is 10.3. The zero-order chi connectivity index (χ0) is 19.1. The van der Waals surface area contributed by atoms with Crippen LogP contribution in [-0.4, -0.2) is 48.6 Å². The average Bonchev–Trinajstić information content (AvgIpc) is 3.14. The number of para-hydroxylation sites is 2. The maximum absolute atomic E-state index is 12.9. The van der Waals surface area contributed by atoms with Gasteiger partial charge in [0.05, 0.1) is 10.2 Å². The molecule has 3 rings (SSSR count). The average molecular weight is 420 g/mol. The van der Waals surface area contributed by atoms with Gasteiger partial charge < -0.3 is 9.64 Å². The van der Waals surface area contributed by atoms with Crippen LogP contribution in [-0.2, 0) is 4.79 Å². The standard InChI is InChI=1S/C21H25N3O2S.ClH/c1-3-23(4-2)14-15-24(20(25)16-26-17-10-6-5-7-11-17)21-22-18-12-8-9-13-19(18)27-21;/h5-13H,3-4,14-16H2,1-2H3;1H. The van der Waals surface area contributed by atoms with E-state index in [1.807, 2.05) is 54.6 Å². The van der Waals surface area contributed by atoms with Gasteiger partial charge in [0.1, 0.15) is 5.75 Å². The highest BCUT2D eigenvalue weighted by Crippen LogP contribution is 2.28. The number of hydrogen-bond donors (Lipinski definition) is 0. The number of fused-ring (bicyclic) bond motifs is 1. The van der Waals surface area contributed by atoms with E-state index in [1.165, 1.54) is 0 Å². The number of carbonyl (C=O) groups is 1. The predicted octanol–water partition coefficient (Wildman–Crippen LogP) is 4.47. The van der Waals surface area contributed by atoms with Crippen molar-refractivity contribution in [3.05, 3.63) is 54.6 Å². The molecule has 150 valence electrons. The third-order valence-corrected chi connectivity index (χ3v) is 5.51. The lowest BCUT2D eigenvalue weighted by Crippen LogP contribution is -2.41. The van der Waals surface area contributed by atoms with Crippen molar-refractivity contribution in [2.75, 3.05) is 37.7 Å². The van der Waals surface area contributed by atoms with Crippen molar-refractivity contribution in [2.24, 2.45) is 0 Å². The first-order chi connectivity index (χ1) is 13.2. The molecule has 0 N–H and O–H groups in total. The molecule has 1 heterocycles. The highest BCUT2D eigenvalue weighted by atomic mass is 35.5. The molecule has 5 nitrogen and oxygen atoms in total. The number of likely N-dealkylation sites (N-methyl/N-ethyl adjacent to an activating group) is 1. The Morgan fingerprint density at radius 2 is 1.68 bits per heavy atom. The summed E-state index contributed by atoms with van der Waals surface area (Å²) in [6.07, 6.45) is 0. The number of halogens is 1. The van der Waals surface area contributed by atoms with Crippen LogP contribution in [0.25, 0.3) is 10.2 Å². The largest absolute Gasteiger partial charge is 0.484 e. The maximum atomic E-state index is 12.9. The molecule has 0 aliphatic rings. The minimum absolute atomic E-state index is 0. The van der Waals surface area contributed by atoms with Crippen LogP contribution in [0, 0.1) is 0 Å². The second kappa shape index (κ2) is 11.0. The van der Waals surface area contributed by atoms with Gasteiger partial charge in [0.25, 0.3) is 5.91 Å². The molecule has 3 aromatic rings. The van der Waals surface area contributed by atoms with Gasteiger partial charge >= 0.3 is 0 Å². The minimum Gasteiger partial charge on any atom is -0.484 e. The van der Waals surface area contributed by atoms with E-state index in [0.29, 0.717) is 12.3 Å². The molecule has 0 bridgehead atoms. The molecule has 28 heavy (non-hydrogen) atoms. The minimum atomic E-state index is -0.0786. The molecule has 0 aliphatic carbocycles. The van der Waals surface area contributed by atoms with Crippen LogP contribution < -0.4 is 9.64 Å². The molecule has 0 saturated heterocycles. The molecular formula is C21H26ClN3O2S. The van der Waals surface area contributed by atoms with E-state index in [4.69, 9.17) is 4.74 Å². The number of amides is 1. The molecule has 1 aromatic heterocycles. The summed E-state index contributed by atoms with van der Waals surface area (Å²) in [4.78, 5) is 21.7. The van der Waals surface area contributed by atoms with E-state index in [2.05, 4.69) is 23.7 Å². The smallest absolute Gasteiger partial charge is 0.266 e. The summed E-state index contributed by atoms with van der Waals surface area (Å²) < 4.78 is 6.76. The van der Waals surface area contributed by atoms with Crippen molar-refractivity contribution in [3.63, 3.8) is 0 Å². The van der Waals surface area contributed by atoms with Gasteiger partial charge in [0, 0.05) is 13.1 Å². The molecule has 0 saturated carbocycles. The number of thiazole rings is 1. The molecule has 2 aromatic carbocycles. The van der Waals surface area contributed by atoms with E-state index in [1.54, 1.807) is 16.2 Å². The molecule has 1 amide bonds. The van der Waals surface area contributed by atoms with Gasteiger partial charge in [-0.1, -0.05) is 55.5 Å². The van der Waals surface area contributed by atoms with Gasteiger partial charge in [-0.25, -0.2) is 4.98 Å². The van der Waals surface area contributed by atoms with Crippen LogP contribution in [0.3, 0.4) is 0 Å². The Balaban J connectivity index is 0.00000280. The number of anilines is 1. The Labute approximate surface area is 176 Å². The summed E-state index contributed by atoms with van der Waals surface area (Å²) in [5.41, 5.74) is 0.919. The fraction of sp³-hybridized carbons (Fsp3) is 0.333. The summed E-state index contributed by atoms with van der Waals surface area (Å²) in [7, 11) is 0. The van der Waals surface area contributed by atoms with Crippen LogP contribution in [0.5, 0.6) is 5.75 Å².